The third kappa shape index (κ3) is 2.31. The van der Waals surface area contributed by atoms with Crippen molar-refractivity contribution < 1.29 is 4.42 Å². The van der Waals surface area contributed by atoms with Gasteiger partial charge < -0.3 is 4.42 Å². The Balaban J connectivity index is 1.78. The summed E-state index contributed by atoms with van der Waals surface area (Å²) in [5, 5.41) is 9.01. The predicted molar refractivity (Wildman–Crippen MR) is 107 cm³/mol. The van der Waals surface area contributed by atoms with Gasteiger partial charge in [0.1, 0.15) is 5.58 Å². The van der Waals surface area contributed by atoms with Gasteiger partial charge in [-0.3, -0.25) is 0 Å². The van der Waals surface area contributed by atoms with Crippen molar-refractivity contribution in [3.8, 4) is 0 Å². The molecule has 0 radical (unpaired) electrons. The number of benzene rings is 4. The van der Waals surface area contributed by atoms with E-state index in [0.717, 1.165) is 5.58 Å². The van der Waals surface area contributed by atoms with Crippen molar-refractivity contribution >= 4 is 43.3 Å². The van der Waals surface area contributed by atoms with Gasteiger partial charge in [-0.15, -0.1) is 0 Å². The van der Waals surface area contributed by atoms with Gasteiger partial charge in [-0.25, -0.2) is 0 Å². The normalized spacial score (nSPS) is 11.9. The van der Waals surface area contributed by atoms with Crippen molar-refractivity contribution in [3.05, 3.63) is 72.5 Å². The zero-order valence-electron chi connectivity index (χ0n) is 14.4. The second-order valence-electron chi connectivity index (χ2n) is 6.92. The minimum atomic E-state index is 0.952. The number of hydrogen-bond donors (Lipinski definition) is 0. The molecule has 0 aliphatic rings. The summed E-state index contributed by atoms with van der Waals surface area (Å²) in [6.07, 6.45) is 5.43. The summed E-state index contributed by atoms with van der Waals surface area (Å²) < 4.78 is 5.55. The fourth-order valence-electron chi connectivity index (χ4n) is 3.93. The maximum absolute atomic E-state index is 5.55. The molecule has 122 valence electrons. The molecule has 5 aromatic rings. The van der Waals surface area contributed by atoms with Gasteiger partial charge in [-0.05, 0) is 75.0 Å². The molecule has 5 rings (SSSR count). The van der Waals surface area contributed by atoms with Crippen LogP contribution in [0.25, 0.3) is 43.3 Å². The summed E-state index contributed by atoms with van der Waals surface area (Å²) in [6.45, 7) is 2.25. The molecule has 0 N–H and O–H groups in total. The number of rotatable bonds is 3. The van der Waals surface area contributed by atoms with Gasteiger partial charge in [-0.1, -0.05) is 49.7 Å². The zero-order chi connectivity index (χ0) is 16.8. The quantitative estimate of drug-likeness (QED) is 0.252. The minimum Gasteiger partial charge on any atom is -0.464 e. The van der Waals surface area contributed by atoms with Gasteiger partial charge in [-0.2, -0.15) is 0 Å². The molecule has 0 saturated carbocycles. The average Bonchev–Trinajstić information content (AvgIpc) is 3.13. The van der Waals surface area contributed by atoms with Gasteiger partial charge in [0.05, 0.1) is 6.26 Å². The van der Waals surface area contributed by atoms with Gasteiger partial charge in [0.15, 0.2) is 0 Å². The summed E-state index contributed by atoms with van der Waals surface area (Å²) in [5.41, 5.74) is 2.39. The first-order valence-electron chi connectivity index (χ1n) is 9.09. The van der Waals surface area contributed by atoms with E-state index in [0.29, 0.717) is 0 Å². The van der Waals surface area contributed by atoms with Crippen molar-refractivity contribution in [2.45, 2.75) is 26.2 Å². The molecular weight excluding hydrogens is 304 g/mol. The van der Waals surface area contributed by atoms with Crippen molar-refractivity contribution in [3.63, 3.8) is 0 Å². The van der Waals surface area contributed by atoms with Gasteiger partial charge in [0, 0.05) is 5.39 Å². The molecule has 0 bridgehead atoms. The van der Waals surface area contributed by atoms with Gasteiger partial charge >= 0.3 is 0 Å². The Morgan fingerprint density at radius 1 is 0.680 bits per heavy atom. The van der Waals surface area contributed by atoms with Crippen LogP contribution in [0, 0.1) is 0 Å². The summed E-state index contributed by atoms with van der Waals surface area (Å²) in [6, 6.07) is 22.4. The molecule has 0 aliphatic heterocycles. The lowest BCUT2D eigenvalue weighted by Crippen LogP contribution is -1.86. The average molecular weight is 324 g/mol. The SMILES string of the molecule is CCCCc1ccc2cc3c(ccc4c5ccoc5ccc34)cc2c1. The van der Waals surface area contributed by atoms with Crippen molar-refractivity contribution in [2.24, 2.45) is 0 Å². The van der Waals surface area contributed by atoms with E-state index in [1.807, 2.05) is 0 Å². The van der Waals surface area contributed by atoms with Crippen molar-refractivity contribution in [1.29, 1.82) is 0 Å². The van der Waals surface area contributed by atoms with Crippen LogP contribution < -0.4 is 0 Å². The second-order valence-corrected chi connectivity index (χ2v) is 6.92. The van der Waals surface area contributed by atoms with E-state index in [-0.39, 0.29) is 0 Å². The lowest BCUT2D eigenvalue weighted by atomic mass is 9.95. The highest BCUT2D eigenvalue weighted by molar-refractivity contribution is 6.18. The third-order valence-corrected chi connectivity index (χ3v) is 5.29. The van der Waals surface area contributed by atoms with Crippen LogP contribution in [0.1, 0.15) is 25.3 Å². The molecule has 0 aliphatic carbocycles. The fourth-order valence-corrected chi connectivity index (χ4v) is 3.93. The highest BCUT2D eigenvalue weighted by atomic mass is 16.3. The number of furan rings is 1. The molecule has 0 saturated heterocycles. The van der Waals surface area contributed by atoms with Crippen LogP contribution in [0.15, 0.2) is 71.3 Å². The number of fused-ring (bicyclic) bond motifs is 6. The Kier molecular flexibility index (Phi) is 3.27. The van der Waals surface area contributed by atoms with E-state index in [4.69, 9.17) is 4.42 Å². The Morgan fingerprint density at radius 2 is 1.52 bits per heavy atom. The van der Waals surface area contributed by atoms with E-state index in [9.17, 15) is 0 Å². The smallest absolute Gasteiger partial charge is 0.134 e. The number of hydrogen-bond acceptors (Lipinski definition) is 1. The Labute approximate surface area is 146 Å². The van der Waals surface area contributed by atoms with E-state index >= 15 is 0 Å². The van der Waals surface area contributed by atoms with E-state index < -0.39 is 0 Å². The third-order valence-electron chi connectivity index (χ3n) is 5.29. The van der Waals surface area contributed by atoms with Crippen LogP contribution in [0.3, 0.4) is 0 Å². The van der Waals surface area contributed by atoms with Gasteiger partial charge in [0.2, 0.25) is 0 Å². The van der Waals surface area contributed by atoms with Gasteiger partial charge in [0.25, 0.3) is 0 Å². The predicted octanol–water partition coefficient (Wildman–Crippen LogP) is 7.24. The summed E-state index contributed by atoms with van der Waals surface area (Å²) in [5.74, 6) is 0. The van der Waals surface area contributed by atoms with E-state index in [2.05, 4.69) is 67.6 Å². The molecular formula is C24H20O. The first kappa shape index (κ1) is 14.5. The van der Waals surface area contributed by atoms with Crippen LogP contribution >= 0.6 is 0 Å². The maximum Gasteiger partial charge on any atom is 0.134 e. The molecule has 1 heteroatoms. The Hall–Kier alpha value is -2.80. The molecule has 1 nitrogen and oxygen atoms in total. The van der Waals surface area contributed by atoms with Crippen LogP contribution in [-0.4, -0.2) is 0 Å². The van der Waals surface area contributed by atoms with Crippen LogP contribution in [0.5, 0.6) is 0 Å². The standard InChI is InChI=1S/C24H20O/c1-2-3-4-16-5-6-17-15-23-18(14-19(17)13-16)7-8-20-21(23)9-10-24-22(20)11-12-25-24/h5-15H,2-4H2,1H3. The molecule has 4 aromatic carbocycles. The molecule has 25 heavy (non-hydrogen) atoms. The van der Waals surface area contributed by atoms with Crippen LogP contribution in [0.4, 0.5) is 0 Å². The highest BCUT2D eigenvalue weighted by Crippen LogP contribution is 2.34. The topological polar surface area (TPSA) is 13.1 Å². The molecule has 1 heterocycles. The molecule has 0 amide bonds. The monoisotopic (exact) mass is 324 g/mol. The lowest BCUT2D eigenvalue weighted by Gasteiger charge is -2.09. The molecule has 0 spiro atoms. The van der Waals surface area contributed by atoms with Crippen molar-refractivity contribution in [1.82, 2.24) is 0 Å². The van der Waals surface area contributed by atoms with E-state index in [1.165, 1.54) is 62.5 Å². The van der Waals surface area contributed by atoms with Crippen LogP contribution in [0.2, 0.25) is 0 Å². The van der Waals surface area contributed by atoms with Crippen molar-refractivity contribution in [2.75, 3.05) is 0 Å². The summed E-state index contributed by atoms with van der Waals surface area (Å²) in [7, 11) is 0. The minimum absolute atomic E-state index is 0.952. The molecule has 0 atom stereocenters. The molecule has 0 fully saturated rings. The Morgan fingerprint density at radius 3 is 2.44 bits per heavy atom. The first-order chi connectivity index (χ1) is 12.3. The second kappa shape index (κ2) is 5.63. The highest BCUT2D eigenvalue weighted by Gasteiger charge is 2.08. The largest absolute Gasteiger partial charge is 0.464 e. The first-order valence-corrected chi connectivity index (χ1v) is 9.09. The molecule has 0 unspecified atom stereocenters. The summed E-state index contributed by atoms with van der Waals surface area (Å²) in [4.78, 5) is 0. The fraction of sp³-hybridized carbons (Fsp3) is 0.167. The maximum atomic E-state index is 5.55. The van der Waals surface area contributed by atoms with Crippen LogP contribution in [-0.2, 0) is 6.42 Å². The zero-order valence-corrected chi connectivity index (χ0v) is 14.4. The molecule has 1 aromatic heterocycles. The number of unbranched alkanes of at least 4 members (excludes halogenated alkanes) is 1. The summed E-state index contributed by atoms with van der Waals surface area (Å²) >= 11 is 0. The Bertz CT molecular complexity index is 1230. The lowest BCUT2D eigenvalue weighted by molar-refractivity contribution is 0.616. The van der Waals surface area contributed by atoms with E-state index in [1.54, 1.807) is 6.26 Å². The number of aryl methyl sites for hydroxylation is 1.